The highest BCUT2D eigenvalue weighted by Gasteiger charge is 2.45. The molecule has 0 aromatic carbocycles. The largest absolute Gasteiger partial charge is 0.633 e. The molecule has 0 amide bonds. The Labute approximate surface area is 55.4 Å². The van der Waals surface area contributed by atoms with Gasteiger partial charge in [-0.1, -0.05) is 0 Å². The molecule has 0 saturated carbocycles. The number of rotatable bonds is 1. The summed E-state index contributed by atoms with van der Waals surface area (Å²) in [5.41, 5.74) is -0.142. The zero-order valence-corrected chi connectivity index (χ0v) is 6.18. The van der Waals surface area contributed by atoms with E-state index in [0.717, 1.165) is 0 Å². The third-order valence-corrected chi connectivity index (χ3v) is 1.83. The smallest absolute Gasteiger partial charge is 0.163 e. The fourth-order valence-corrected chi connectivity index (χ4v) is 1.50. The van der Waals surface area contributed by atoms with Crippen LogP contribution in [0.1, 0.15) is 6.92 Å². The van der Waals surface area contributed by atoms with Crippen LogP contribution in [0.4, 0.5) is 0 Å². The molecule has 0 aromatic rings. The second kappa shape index (κ2) is 1.68. The normalized spacial score (nSPS) is 50.7. The van der Waals surface area contributed by atoms with Gasteiger partial charge in [0.2, 0.25) is 0 Å². The Morgan fingerprint density at radius 2 is 2.00 bits per heavy atom. The van der Waals surface area contributed by atoms with E-state index in [0.29, 0.717) is 13.1 Å². The number of hydrogen-bond acceptors (Lipinski definition) is 2. The van der Waals surface area contributed by atoms with Gasteiger partial charge in [0.05, 0.1) is 7.05 Å². The number of hydrogen-bond donors (Lipinski definition) is 0. The first-order valence-electron chi connectivity index (χ1n) is 3.08. The van der Waals surface area contributed by atoms with E-state index in [1.54, 1.807) is 14.2 Å². The molecule has 1 saturated heterocycles. The van der Waals surface area contributed by atoms with Gasteiger partial charge in [-0.25, -0.2) is 0 Å². The van der Waals surface area contributed by atoms with Gasteiger partial charge in [0.25, 0.3) is 0 Å². The van der Waals surface area contributed by atoms with Gasteiger partial charge in [0, 0.05) is 7.11 Å². The van der Waals surface area contributed by atoms with E-state index < -0.39 is 0 Å². The quantitative estimate of drug-likeness (QED) is 0.380. The molecule has 1 aliphatic heterocycles. The summed E-state index contributed by atoms with van der Waals surface area (Å²) in [5, 5.41) is 11.0. The zero-order chi connectivity index (χ0) is 7.12. The molecule has 0 spiro atoms. The Kier molecular flexibility index (Phi) is 1.31. The molecular formula is C6H13NO2. The third kappa shape index (κ3) is 1.23. The Balaban J connectivity index is 2.41. The summed E-state index contributed by atoms with van der Waals surface area (Å²) in [6, 6.07) is 0. The third-order valence-electron chi connectivity index (χ3n) is 1.83. The summed E-state index contributed by atoms with van der Waals surface area (Å²) in [4.78, 5) is 0. The molecule has 54 valence electrons. The Hall–Kier alpha value is -0.120. The molecule has 0 aliphatic carbocycles. The minimum absolute atomic E-state index is 0.142. The van der Waals surface area contributed by atoms with Gasteiger partial charge in [-0.3, -0.25) is 0 Å². The van der Waals surface area contributed by atoms with E-state index in [1.807, 2.05) is 6.92 Å². The van der Waals surface area contributed by atoms with Gasteiger partial charge in [-0.05, 0) is 6.92 Å². The van der Waals surface area contributed by atoms with E-state index in [4.69, 9.17) is 4.74 Å². The summed E-state index contributed by atoms with van der Waals surface area (Å²) in [6.45, 7) is 3.14. The number of likely N-dealkylation sites (tertiary alicyclic amines) is 1. The summed E-state index contributed by atoms with van der Waals surface area (Å²) < 4.78 is 4.95. The lowest BCUT2D eigenvalue weighted by molar-refractivity contribution is -0.921. The van der Waals surface area contributed by atoms with Crippen molar-refractivity contribution in [1.29, 1.82) is 0 Å². The summed E-state index contributed by atoms with van der Waals surface area (Å²) in [6.07, 6.45) is 0. The number of hydroxylamine groups is 3. The number of likely N-dealkylation sites (N-methyl/N-ethyl adjacent to an activating group) is 1. The molecule has 0 unspecified atom stereocenters. The highest BCUT2D eigenvalue weighted by molar-refractivity contribution is 4.83. The van der Waals surface area contributed by atoms with Crippen LogP contribution in [0.25, 0.3) is 0 Å². The Morgan fingerprint density at radius 1 is 1.56 bits per heavy atom. The van der Waals surface area contributed by atoms with Crippen LogP contribution in [-0.4, -0.2) is 37.5 Å². The average molecular weight is 131 g/mol. The first-order chi connectivity index (χ1) is 3.97. The van der Waals surface area contributed by atoms with Gasteiger partial charge in [-0.15, -0.1) is 0 Å². The molecule has 9 heavy (non-hydrogen) atoms. The van der Waals surface area contributed by atoms with Gasteiger partial charge in [0.15, 0.2) is 5.60 Å². The second-order valence-corrected chi connectivity index (χ2v) is 3.27. The SMILES string of the molecule is COC1(C)C[N+](C)([O-])C1. The molecular weight excluding hydrogens is 118 g/mol. The number of methoxy groups -OCH3 is 1. The van der Waals surface area contributed by atoms with Crippen LogP contribution < -0.4 is 0 Å². The van der Waals surface area contributed by atoms with E-state index in [-0.39, 0.29) is 10.2 Å². The molecule has 0 bridgehead atoms. The van der Waals surface area contributed by atoms with Crippen molar-refractivity contribution >= 4 is 0 Å². The van der Waals surface area contributed by atoms with Gasteiger partial charge < -0.3 is 14.6 Å². The van der Waals surface area contributed by atoms with Crippen LogP contribution in [0.15, 0.2) is 0 Å². The molecule has 3 heteroatoms. The monoisotopic (exact) mass is 131 g/mol. The molecule has 0 N–H and O–H groups in total. The topological polar surface area (TPSA) is 32.3 Å². The molecule has 0 radical (unpaired) electrons. The van der Waals surface area contributed by atoms with Crippen LogP contribution in [-0.2, 0) is 4.74 Å². The summed E-state index contributed by atoms with van der Waals surface area (Å²) in [7, 11) is 3.32. The van der Waals surface area contributed by atoms with Crippen molar-refractivity contribution in [2.75, 3.05) is 27.2 Å². The van der Waals surface area contributed by atoms with Gasteiger partial charge in [-0.2, -0.15) is 0 Å². The van der Waals surface area contributed by atoms with Crippen molar-refractivity contribution in [3.63, 3.8) is 0 Å². The van der Waals surface area contributed by atoms with Crippen LogP contribution in [0, 0.1) is 5.21 Å². The van der Waals surface area contributed by atoms with Crippen molar-refractivity contribution in [1.82, 2.24) is 0 Å². The zero-order valence-electron chi connectivity index (χ0n) is 6.18. The van der Waals surface area contributed by atoms with Crippen LogP contribution in [0.5, 0.6) is 0 Å². The maximum Gasteiger partial charge on any atom is 0.163 e. The van der Waals surface area contributed by atoms with E-state index in [9.17, 15) is 5.21 Å². The van der Waals surface area contributed by atoms with E-state index in [1.165, 1.54) is 0 Å². The fraction of sp³-hybridized carbons (Fsp3) is 1.00. The van der Waals surface area contributed by atoms with E-state index in [2.05, 4.69) is 0 Å². The maximum atomic E-state index is 11.0. The summed E-state index contributed by atoms with van der Waals surface area (Å²) >= 11 is 0. The highest BCUT2D eigenvalue weighted by atomic mass is 16.6. The van der Waals surface area contributed by atoms with Crippen molar-refractivity contribution in [3.05, 3.63) is 5.21 Å². The van der Waals surface area contributed by atoms with Crippen molar-refractivity contribution < 1.29 is 9.38 Å². The minimum Gasteiger partial charge on any atom is -0.633 e. The number of nitrogens with zero attached hydrogens (tertiary/aromatic N) is 1. The molecule has 1 aliphatic rings. The predicted octanol–water partition coefficient (Wildman–Crippen LogP) is 0.350. The predicted molar refractivity (Wildman–Crippen MR) is 34.7 cm³/mol. The second-order valence-electron chi connectivity index (χ2n) is 3.27. The first-order valence-corrected chi connectivity index (χ1v) is 3.08. The van der Waals surface area contributed by atoms with Crippen molar-refractivity contribution in [2.24, 2.45) is 0 Å². The molecule has 0 aromatic heterocycles. The number of ether oxygens (including phenoxy) is 1. The van der Waals surface area contributed by atoms with E-state index >= 15 is 0 Å². The molecule has 0 atom stereocenters. The van der Waals surface area contributed by atoms with Crippen LogP contribution >= 0.6 is 0 Å². The molecule has 1 rings (SSSR count). The first kappa shape index (κ1) is 6.99. The minimum atomic E-state index is -0.148. The highest BCUT2D eigenvalue weighted by Crippen LogP contribution is 2.28. The molecule has 1 fully saturated rings. The van der Waals surface area contributed by atoms with Gasteiger partial charge in [0.1, 0.15) is 13.1 Å². The van der Waals surface area contributed by atoms with Crippen molar-refractivity contribution in [3.8, 4) is 0 Å². The number of quaternary nitrogens is 1. The fourth-order valence-electron chi connectivity index (χ4n) is 1.50. The molecule has 1 heterocycles. The summed E-state index contributed by atoms with van der Waals surface area (Å²) in [5.74, 6) is 0. The lowest BCUT2D eigenvalue weighted by atomic mass is 9.97. The standard InChI is InChI=1S/C6H13NO2/c1-6(9-3)4-7(2,8)5-6/h4-5H2,1-3H3. The lowest BCUT2D eigenvalue weighted by Crippen LogP contribution is -2.68. The maximum absolute atomic E-state index is 11.0. The lowest BCUT2D eigenvalue weighted by Gasteiger charge is -2.56. The van der Waals surface area contributed by atoms with Crippen LogP contribution in [0.3, 0.4) is 0 Å². The molecule has 3 nitrogen and oxygen atoms in total. The van der Waals surface area contributed by atoms with Crippen LogP contribution in [0.2, 0.25) is 0 Å². The van der Waals surface area contributed by atoms with Gasteiger partial charge >= 0.3 is 0 Å². The van der Waals surface area contributed by atoms with Crippen molar-refractivity contribution in [2.45, 2.75) is 12.5 Å². The Bertz CT molecular complexity index is 114. The average Bonchev–Trinajstić information content (AvgIpc) is 1.61. The Morgan fingerprint density at radius 3 is 2.11 bits per heavy atom.